The lowest BCUT2D eigenvalue weighted by molar-refractivity contribution is 0.0570. The number of hydrogen-bond acceptors (Lipinski definition) is 3. The molecule has 1 aromatic carbocycles. The summed E-state index contributed by atoms with van der Waals surface area (Å²) < 4.78 is 4.98. The van der Waals surface area contributed by atoms with Gasteiger partial charge in [-0.3, -0.25) is 4.79 Å². The highest BCUT2D eigenvalue weighted by molar-refractivity contribution is 5.94. The molecular formula is C17H24N2O3. The fourth-order valence-electron chi connectivity index (χ4n) is 2.59. The lowest BCUT2D eigenvalue weighted by Crippen LogP contribution is -2.50. The molecule has 1 saturated heterocycles. The first-order valence-electron chi connectivity index (χ1n) is 7.95. The minimum absolute atomic E-state index is 0.0338. The fourth-order valence-corrected chi connectivity index (χ4v) is 2.59. The maximum absolute atomic E-state index is 12.5. The second kappa shape index (κ2) is 7.82. The van der Waals surface area contributed by atoms with E-state index >= 15 is 0 Å². The monoisotopic (exact) mass is 304 g/mol. The molecule has 2 rings (SSSR count). The number of aryl methyl sites for hydroxylation is 1. The Morgan fingerprint density at radius 1 is 1.00 bits per heavy atom. The molecule has 0 radical (unpaired) electrons. The summed E-state index contributed by atoms with van der Waals surface area (Å²) in [5.41, 5.74) is 1.97. The molecule has 5 nitrogen and oxygen atoms in total. The normalized spacial score (nSPS) is 14.8. The summed E-state index contributed by atoms with van der Waals surface area (Å²) in [6, 6.07) is 7.83. The Labute approximate surface area is 131 Å². The van der Waals surface area contributed by atoms with Crippen molar-refractivity contribution >= 4 is 12.0 Å². The van der Waals surface area contributed by atoms with E-state index < -0.39 is 0 Å². The van der Waals surface area contributed by atoms with E-state index in [4.69, 9.17) is 4.74 Å². The zero-order chi connectivity index (χ0) is 15.9. The molecule has 120 valence electrons. The van der Waals surface area contributed by atoms with Crippen LogP contribution in [0.5, 0.6) is 0 Å². The van der Waals surface area contributed by atoms with E-state index in [2.05, 4.69) is 6.92 Å². The van der Waals surface area contributed by atoms with Gasteiger partial charge in [-0.15, -0.1) is 0 Å². The van der Waals surface area contributed by atoms with Crippen molar-refractivity contribution in [1.82, 2.24) is 9.80 Å². The van der Waals surface area contributed by atoms with Gasteiger partial charge in [-0.25, -0.2) is 4.79 Å². The van der Waals surface area contributed by atoms with Crippen molar-refractivity contribution in [2.45, 2.75) is 26.7 Å². The average Bonchev–Trinajstić information content (AvgIpc) is 2.55. The van der Waals surface area contributed by atoms with Crippen molar-refractivity contribution in [3.63, 3.8) is 0 Å². The molecule has 5 heteroatoms. The van der Waals surface area contributed by atoms with Crippen LogP contribution in [0.25, 0.3) is 0 Å². The first-order chi connectivity index (χ1) is 10.7. The molecule has 0 atom stereocenters. The van der Waals surface area contributed by atoms with Crippen LogP contribution in [0, 0.1) is 0 Å². The first kappa shape index (κ1) is 16.3. The van der Waals surface area contributed by atoms with Gasteiger partial charge < -0.3 is 14.5 Å². The van der Waals surface area contributed by atoms with Gasteiger partial charge in [-0.1, -0.05) is 25.5 Å². The van der Waals surface area contributed by atoms with Gasteiger partial charge in [0, 0.05) is 31.7 Å². The molecule has 22 heavy (non-hydrogen) atoms. The Bertz CT molecular complexity index is 505. The number of carbonyl (C=O) groups excluding carboxylic acids is 2. The van der Waals surface area contributed by atoms with Crippen molar-refractivity contribution in [1.29, 1.82) is 0 Å². The number of ether oxygens (including phenoxy) is 1. The van der Waals surface area contributed by atoms with Crippen LogP contribution in [0.3, 0.4) is 0 Å². The van der Waals surface area contributed by atoms with Crippen molar-refractivity contribution in [2.75, 3.05) is 32.8 Å². The van der Waals surface area contributed by atoms with Gasteiger partial charge in [0.2, 0.25) is 0 Å². The van der Waals surface area contributed by atoms with Crippen molar-refractivity contribution < 1.29 is 14.3 Å². The topological polar surface area (TPSA) is 49.9 Å². The summed E-state index contributed by atoms with van der Waals surface area (Å²) in [4.78, 5) is 27.6. The van der Waals surface area contributed by atoms with E-state index in [1.54, 1.807) is 16.7 Å². The quantitative estimate of drug-likeness (QED) is 0.859. The molecule has 1 aliphatic rings. The Kier molecular flexibility index (Phi) is 5.81. The Morgan fingerprint density at radius 2 is 1.59 bits per heavy atom. The number of piperazine rings is 1. The third-order valence-corrected chi connectivity index (χ3v) is 3.83. The molecule has 0 unspecified atom stereocenters. The maximum atomic E-state index is 12.5. The average molecular weight is 304 g/mol. The Balaban J connectivity index is 1.90. The third-order valence-electron chi connectivity index (χ3n) is 3.83. The number of hydrogen-bond donors (Lipinski definition) is 0. The number of nitrogens with zero attached hydrogens (tertiary/aromatic N) is 2. The molecule has 0 N–H and O–H groups in total. The fraction of sp³-hybridized carbons (Fsp3) is 0.529. The van der Waals surface area contributed by atoms with Crippen LogP contribution in [0.2, 0.25) is 0 Å². The van der Waals surface area contributed by atoms with Gasteiger partial charge in [0.05, 0.1) is 6.61 Å². The minimum Gasteiger partial charge on any atom is -0.450 e. The molecule has 0 aromatic heterocycles. The second-order valence-corrected chi connectivity index (χ2v) is 5.43. The number of benzene rings is 1. The highest BCUT2D eigenvalue weighted by atomic mass is 16.6. The van der Waals surface area contributed by atoms with E-state index in [-0.39, 0.29) is 12.0 Å². The molecule has 0 saturated carbocycles. The molecule has 1 aliphatic heterocycles. The lowest BCUT2D eigenvalue weighted by Gasteiger charge is -2.34. The maximum Gasteiger partial charge on any atom is 0.409 e. The summed E-state index contributed by atoms with van der Waals surface area (Å²) >= 11 is 0. The van der Waals surface area contributed by atoms with Gasteiger partial charge in [0.1, 0.15) is 0 Å². The van der Waals surface area contributed by atoms with E-state index in [1.807, 2.05) is 24.3 Å². The largest absolute Gasteiger partial charge is 0.450 e. The van der Waals surface area contributed by atoms with Crippen LogP contribution in [-0.4, -0.2) is 54.6 Å². The van der Waals surface area contributed by atoms with Crippen molar-refractivity contribution in [2.24, 2.45) is 0 Å². The lowest BCUT2D eigenvalue weighted by atomic mass is 10.1. The first-order valence-corrected chi connectivity index (χ1v) is 7.95. The van der Waals surface area contributed by atoms with Crippen molar-refractivity contribution in [3.8, 4) is 0 Å². The summed E-state index contributed by atoms with van der Waals surface area (Å²) in [6.07, 6.45) is 1.84. The van der Waals surface area contributed by atoms with Crippen LogP contribution < -0.4 is 0 Å². The number of amides is 2. The third kappa shape index (κ3) is 4.00. The van der Waals surface area contributed by atoms with E-state index in [0.717, 1.165) is 12.8 Å². The standard InChI is InChI=1S/C17H24N2O3/c1-3-5-14-6-8-15(9-7-14)16(20)18-10-12-19(13-11-18)17(21)22-4-2/h6-9H,3-5,10-13H2,1-2H3. The smallest absolute Gasteiger partial charge is 0.409 e. The minimum atomic E-state index is -0.293. The van der Waals surface area contributed by atoms with Crippen LogP contribution in [-0.2, 0) is 11.2 Å². The van der Waals surface area contributed by atoms with Crippen LogP contribution >= 0.6 is 0 Å². The van der Waals surface area contributed by atoms with Crippen LogP contribution in [0.1, 0.15) is 36.2 Å². The Morgan fingerprint density at radius 3 is 2.14 bits per heavy atom. The highest BCUT2D eigenvalue weighted by Gasteiger charge is 2.25. The molecule has 1 heterocycles. The van der Waals surface area contributed by atoms with Gasteiger partial charge >= 0.3 is 6.09 Å². The van der Waals surface area contributed by atoms with Crippen LogP contribution in [0.4, 0.5) is 4.79 Å². The van der Waals surface area contributed by atoms with Gasteiger partial charge in [-0.2, -0.15) is 0 Å². The van der Waals surface area contributed by atoms with Gasteiger partial charge in [0.25, 0.3) is 5.91 Å². The predicted molar refractivity (Wildman–Crippen MR) is 84.9 cm³/mol. The SMILES string of the molecule is CCCc1ccc(C(=O)N2CCN(C(=O)OCC)CC2)cc1. The summed E-state index contributed by atoms with van der Waals surface area (Å²) in [7, 11) is 0. The molecule has 1 fully saturated rings. The zero-order valence-electron chi connectivity index (χ0n) is 13.4. The van der Waals surface area contributed by atoms with E-state index in [9.17, 15) is 9.59 Å². The van der Waals surface area contributed by atoms with Crippen molar-refractivity contribution in [3.05, 3.63) is 35.4 Å². The molecule has 0 spiro atoms. The summed E-state index contributed by atoms with van der Waals surface area (Å²) in [6.45, 7) is 6.46. The highest BCUT2D eigenvalue weighted by Crippen LogP contribution is 2.12. The zero-order valence-corrected chi connectivity index (χ0v) is 13.4. The number of rotatable bonds is 4. The summed E-state index contributed by atoms with van der Waals surface area (Å²) in [5, 5.41) is 0. The van der Waals surface area contributed by atoms with Crippen LogP contribution in [0.15, 0.2) is 24.3 Å². The van der Waals surface area contributed by atoms with E-state index in [1.165, 1.54) is 5.56 Å². The Hall–Kier alpha value is -2.04. The predicted octanol–water partition coefficient (Wildman–Crippen LogP) is 2.55. The number of carbonyl (C=O) groups is 2. The summed E-state index contributed by atoms with van der Waals surface area (Å²) in [5.74, 6) is 0.0338. The van der Waals surface area contributed by atoms with Gasteiger partial charge in [0.15, 0.2) is 0 Å². The molecule has 0 aliphatic carbocycles. The molecular weight excluding hydrogens is 280 g/mol. The van der Waals surface area contributed by atoms with Gasteiger partial charge in [-0.05, 0) is 31.0 Å². The van der Waals surface area contributed by atoms with E-state index in [0.29, 0.717) is 38.3 Å². The molecule has 0 bridgehead atoms. The second-order valence-electron chi connectivity index (χ2n) is 5.43. The molecule has 2 amide bonds. The molecule has 1 aromatic rings.